The average Bonchev–Trinajstić information content (AvgIpc) is 2.69. The van der Waals surface area contributed by atoms with Crippen molar-refractivity contribution in [3.8, 4) is 11.5 Å². The monoisotopic (exact) mass is 442 g/mol. The fourth-order valence-electron chi connectivity index (χ4n) is 4.31. The van der Waals surface area contributed by atoms with Crippen molar-refractivity contribution in [1.29, 1.82) is 0 Å². The van der Waals surface area contributed by atoms with Crippen molar-refractivity contribution in [2.24, 2.45) is 11.3 Å². The van der Waals surface area contributed by atoms with Crippen LogP contribution in [0.15, 0.2) is 58.6 Å². The largest absolute Gasteiger partial charge is 0.493 e. The molecule has 0 aliphatic heterocycles. The van der Waals surface area contributed by atoms with Crippen molar-refractivity contribution in [3.05, 3.63) is 69.7 Å². The molecule has 0 N–H and O–H groups in total. The van der Waals surface area contributed by atoms with Gasteiger partial charge in [-0.05, 0) is 67.2 Å². The standard InChI is InChI=1S/C25H31BrO2/c1-5-19-12-9-13-25(2,3)21(19)14-20-15-23(27-4)24(16-22(20)26)28-17-18-10-7-6-8-11-18/h5-8,10-11,15-16,21H,9,12-14,17H2,1-4H3/b19-5+. The van der Waals surface area contributed by atoms with Crippen molar-refractivity contribution >= 4 is 15.9 Å². The Morgan fingerprint density at radius 1 is 1.14 bits per heavy atom. The molecule has 0 heterocycles. The smallest absolute Gasteiger partial charge is 0.162 e. The Kier molecular flexibility index (Phi) is 6.87. The van der Waals surface area contributed by atoms with Gasteiger partial charge in [-0.1, -0.05) is 71.8 Å². The maximum atomic E-state index is 6.06. The molecule has 1 aliphatic carbocycles. The highest BCUT2D eigenvalue weighted by atomic mass is 79.9. The quantitative estimate of drug-likeness (QED) is 0.435. The molecule has 3 rings (SSSR count). The Hall–Kier alpha value is -1.74. The van der Waals surface area contributed by atoms with Crippen LogP contribution >= 0.6 is 15.9 Å². The molecule has 1 saturated carbocycles. The number of halogens is 1. The van der Waals surface area contributed by atoms with E-state index in [1.807, 2.05) is 18.2 Å². The zero-order valence-corrected chi connectivity index (χ0v) is 19.0. The van der Waals surface area contributed by atoms with E-state index in [9.17, 15) is 0 Å². The lowest BCUT2D eigenvalue weighted by molar-refractivity contribution is 0.188. The maximum absolute atomic E-state index is 6.06. The van der Waals surface area contributed by atoms with E-state index in [1.54, 1.807) is 12.7 Å². The highest BCUT2D eigenvalue weighted by Gasteiger charge is 2.35. The molecule has 0 radical (unpaired) electrons. The first-order chi connectivity index (χ1) is 13.4. The number of methoxy groups -OCH3 is 1. The third-order valence-corrected chi connectivity index (χ3v) is 6.78. The van der Waals surface area contributed by atoms with Crippen LogP contribution in [0.3, 0.4) is 0 Å². The van der Waals surface area contributed by atoms with Gasteiger partial charge in [-0.2, -0.15) is 0 Å². The molecule has 2 nitrogen and oxygen atoms in total. The van der Waals surface area contributed by atoms with Crippen molar-refractivity contribution in [3.63, 3.8) is 0 Å². The minimum absolute atomic E-state index is 0.315. The summed E-state index contributed by atoms with van der Waals surface area (Å²) in [7, 11) is 1.71. The van der Waals surface area contributed by atoms with E-state index >= 15 is 0 Å². The Morgan fingerprint density at radius 2 is 1.89 bits per heavy atom. The number of hydrogen-bond acceptors (Lipinski definition) is 2. The van der Waals surface area contributed by atoms with Crippen LogP contribution in [-0.2, 0) is 13.0 Å². The lowest BCUT2D eigenvalue weighted by Gasteiger charge is -2.41. The minimum Gasteiger partial charge on any atom is -0.493 e. The first-order valence-corrected chi connectivity index (χ1v) is 10.9. The van der Waals surface area contributed by atoms with E-state index in [4.69, 9.17) is 9.47 Å². The molecule has 1 unspecified atom stereocenters. The summed E-state index contributed by atoms with van der Waals surface area (Å²) in [6.07, 6.45) is 7.14. The van der Waals surface area contributed by atoms with Crippen molar-refractivity contribution in [2.45, 2.75) is 53.1 Å². The fourth-order valence-corrected chi connectivity index (χ4v) is 4.80. The highest BCUT2D eigenvalue weighted by molar-refractivity contribution is 9.10. The molecule has 1 aliphatic rings. The minimum atomic E-state index is 0.315. The second kappa shape index (κ2) is 9.17. The van der Waals surface area contributed by atoms with Crippen LogP contribution < -0.4 is 9.47 Å². The summed E-state index contributed by atoms with van der Waals surface area (Å²) in [6.45, 7) is 7.52. The number of rotatable bonds is 6. The number of ether oxygens (including phenoxy) is 2. The third kappa shape index (κ3) is 4.81. The molecule has 2 aromatic rings. The SMILES string of the molecule is C/C=C1\CCCC(C)(C)C1Cc1cc(OC)c(OCc2ccccc2)cc1Br. The molecule has 0 aromatic heterocycles. The van der Waals surface area contributed by atoms with Gasteiger partial charge in [0.1, 0.15) is 6.61 Å². The molecule has 0 bridgehead atoms. The van der Waals surface area contributed by atoms with Gasteiger partial charge in [0.25, 0.3) is 0 Å². The lowest BCUT2D eigenvalue weighted by Crippen LogP contribution is -2.31. The van der Waals surface area contributed by atoms with Crippen LogP contribution in [0.25, 0.3) is 0 Å². The molecule has 0 saturated heterocycles. The van der Waals surface area contributed by atoms with Crippen LogP contribution in [0.4, 0.5) is 0 Å². The van der Waals surface area contributed by atoms with Gasteiger partial charge in [0.2, 0.25) is 0 Å². The molecule has 3 heteroatoms. The van der Waals surface area contributed by atoms with Gasteiger partial charge in [0, 0.05) is 4.47 Å². The Labute approximate surface area is 178 Å². The van der Waals surface area contributed by atoms with E-state index in [-0.39, 0.29) is 0 Å². The first-order valence-electron chi connectivity index (χ1n) is 10.1. The summed E-state index contributed by atoms with van der Waals surface area (Å²) >= 11 is 3.79. The maximum Gasteiger partial charge on any atom is 0.162 e. The van der Waals surface area contributed by atoms with Crippen molar-refractivity contribution in [2.75, 3.05) is 7.11 Å². The summed E-state index contributed by atoms with van der Waals surface area (Å²) in [4.78, 5) is 0. The normalized spacial score (nSPS) is 20.2. The molecule has 150 valence electrons. The van der Waals surface area contributed by atoms with Crippen LogP contribution in [0.1, 0.15) is 51.2 Å². The molecule has 1 atom stereocenters. The Bertz CT molecular complexity index is 824. The molecular weight excluding hydrogens is 412 g/mol. The van der Waals surface area contributed by atoms with Crippen molar-refractivity contribution < 1.29 is 9.47 Å². The summed E-state index contributed by atoms with van der Waals surface area (Å²) in [5, 5.41) is 0. The Balaban J connectivity index is 1.82. The second-order valence-electron chi connectivity index (χ2n) is 8.33. The predicted molar refractivity (Wildman–Crippen MR) is 120 cm³/mol. The van der Waals surface area contributed by atoms with Gasteiger partial charge >= 0.3 is 0 Å². The van der Waals surface area contributed by atoms with Gasteiger partial charge in [0.05, 0.1) is 7.11 Å². The topological polar surface area (TPSA) is 18.5 Å². The van der Waals surface area contributed by atoms with Crippen molar-refractivity contribution in [1.82, 2.24) is 0 Å². The van der Waals surface area contributed by atoms with Crippen LogP contribution in [0, 0.1) is 11.3 Å². The zero-order valence-electron chi connectivity index (χ0n) is 17.4. The van der Waals surface area contributed by atoms with Gasteiger partial charge in [-0.15, -0.1) is 0 Å². The number of allylic oxidation sites excluding steroid dienone is 2. The summed E-state index contributed by atoms with van der Waals surface area (Å²) < 4.78 is 12.8. The van der Waals surface area contributed by atoms with Gasteiger partial charge < -0.3 is 9.47 Å². The highest BCUT2D eigenvalue weighted by Crippen LogP contribution is 2.46. The third-order valence-electron chi connectivity index (χ3n) is 6.04. The summed E-state index contributed by atoms with van der Waals surface area (Å²) in [5.74, 6) is 2.13. The van der Waals surface area contributed by atoms with Crippen LogP contribution in [-0.4, -0.2) is 7.11 Å². The number of hydrogen-bond donors (Lipinski definition) is 0. The molecule has 0 spiro atoms. The van der Waals surface area contributed by atoms with E-state index in [2.05, 4.69) is 67.0 Å². The van der Waals surface area contributed by atoms with E-state index in [0.717, 1.165) is 28.0 Å². The van der Waals surface area contributed by atoms with E-state index in [1.165, 1.54) is 24.8 Å². The molecule has 1 fully saturated rings. The van der Waals surface area contributed by atoms with Crippen LogP contribution in [0.2, 0.25) is 0 Å². The molecular formula is C25H31BrO2. The predicted octanol–water partition coefficient (Wildman–Crippen LogP) is 7.35. The van der Waals surface area contributed by atoms with Gasteiger partial charge in [-0.3, -0.25) is 0 Å². The van der Waals surface area contributed by atoms with E-state index < -0.39 is 0 Å². The van der Waals surface area contributed by atoms with Gasteiger partial charge in [0.15, 0.2) is 11.5 Å². The van der Waals surface area contributed by atoms with Gasteiger partial charge in [-0.25, -0.2) is 0 Å². The lowest BCUT2D eigenvalue weighted by atomic mass is 9.64. The molecule has 0 amide bonds. The fraction of sp³-hybridized carbons (Fsp3) is 0.440. The average molecular weight is 443 g/mol. The summed E-state index contributed by atoms with van der Waals surface area (Å²) in [5.41, 5.74) is 4.33. The first kappa shape index (κ1) is 21.0. The zero-order chi connectivity index (χ0) is 20.1. The molecule has 2 aromatic carbocycles. The number of benzene rings is 2. The molecule has 28 heavy (non-hydrogen) atoms. The van der Waals surface area contributed by atoms with Crippen LogP contribution in [0.5, 0.6) is 11.5 Å². The summed E-state index contributed by atoms with van der Waals surface area (Å²) in [6, 6.07) is 14.4. The second-order valence-corrected chi connectivity index (χ2v) is 9.19. The van der Waals surface area contributed by atoms with E-state index in [0.29, 0.717) is 17.9 Å². The Morgan fingerprint density at radius 3 is 2.57 bits per heavy atom.